The average molecular weight is 457 g/mol. The Hall–Kier alpha value is -3.17. The van der Waals surface area contributed by atoms with Crippen molar-refractivity contribution in [3.63, 3.8) is 0 Å². The molecule has 0 spiro atoms. The van der Waals surface area contributed by atoms with Crippen LogP contribution in [0.2, 0.25) is 0 Å². The maximum absolute atomic E-state index is 12.3. The van der Waals surface area contributed by atoms with Gasteiger partial charge in [0.1, 0.15) is 6.61 Å². The van der Waals surface area contributed by atoms with Gasteiger partial charge in [-0.15, -0.1) is 0 Å². The molecule has 1 aromatic carbocycles. The molecule has 4 rings (SSSR count). The summed E-state index contributed by atoms with van der Waals surface area (Å²) in [5.41, 5.74) is 7.01. The Morgan fingerprint density at radius 3 is 2.58 bits per heavy atom. The number of nitrogens with two attached hydrogens (primary N) is 1. The van der Waals surface area contributed by atoms with Gasteiger partial charge in [-0.1, -0.05) is 30.3 Å². The van der Waals surface area contributed by atoms with Crippen molar-refractivity contribution < 1.29 is 14.3 Å². The zero-order chi connectivity index (χ0) is 21.5. The lowest BCUT2D eigenvalue weighted by atomic mass is 9.91. The Balaban J connectivity index is 0.00000193. The Labute approximate surface area is 195 Å². The Bertz CT molecular complexity index is 870. The summed E-state index contributed by atoms with van der Waals surface area (Å²) in [7, 11) is 0. The highest BCUT2D eigenvalue weighted by Crippen LogP contribution is 2.49. The van der Waals surface area contributed by atoms with Crippen molar-refractivity contribution in [2.75, 3.05) is 19.7 Å². The van der Waals surface area contributed by atoms with Gasteiger partial charge < -0.3 is 32.4 Å². The van der Waals surface area contributed by atoms with Crippen LogP contribution in [-0.4, -0.2) is 42.0 Å². The van der Waals surface area contributed by atoms with Crippen LogP contribution in [0.15, 0.2) is 53.7 Å². The van der Waals surface area contributed by atoms with Gasteiger partial charge in [0.05, 0.1) is 24.8 Å². The molecule has 0 radical (unpaired) electrons. The fourth-order valence-electron chi connectivity index (χ4n) is 4.44. The van der Waals surface area contributed by atoms with E-state index >= 15 is 0 Å². The standard InChI is InChI=1S/C24H30N4O3.2H3N/c25-17-27-21-6-7-23(26-15-21)30-13-10-20-14-22(20)19-8-11-28(12-9-19)24(29)31-16-18-4-2-1-3-5-18;;/h1-7,15,17,19-20,22H,8-14,16H2,(H2,25,27);2*1H3/t20-,22-;;/m1../s1. The third kappa shape index (κ3) is 7.44. The molecule has 9 heteroatoms. The van der Waals surface area contributed by atoms with Crippen LogP contribution in [0.1, 0.15) is 31.2 Å². The van der Waals surface area contributed by atoms with Crippen molar-refractivity contribution in [2.45, 2.75) is 32.3 Å². The largest absolute Gasteiger partial charge is 0.478 e. The first kappa shape index (κ1) is 26.1. The van der Waals surface area contributed by atoms with Gasteiger partial charge >= 0.3 is 6.09 Å². The number of carbonyl (C=O) groups is 1. The van der Waals surface area contributed by atoms with Gasteiger partial charge in [0.25, 0.3) is 0 Å². The van der Waals surface area contributed by atoms with Gasteiger partial charge in [-0.3, -0.25) is 0 Å². The Kier molecular flexibility index (Phi) is 10.1. The van der Waals surface area contributed by atoms with Crippen molar-refractivity contribution in [1.82, 2.24) is 22.2 Å². The molecule has 2 aliphatic rings. The van der Waals surface area contributed by atoms with E-state index in [1.165, 1.54) is 12.8 Å². The minimum atomic E-state index is -0.196. The number of nitrogens with zero attached hydrogens (tertiary/aromatic N) is 3. The minimum absolute atomic E-state index is 0. The predicted molar refractivity (Wildman–Crippen MR) is 129 cm³/mol. The lowest BCUT2D eigenvalue weighted by molar-refractivity contribution is 0.0796. The van der Waals surface area contributed by atoms with Crippen LogP contribution in [0.25, 0.3) is 0 Å². The smallest absolute Gasteiger partial charge is 0.410 e. The molecule has 2 aromatic rings. The van der Waals surface area contributed by atoms with Crippen LogP contribution in [0, 0.1) is 17.8 Å². The molecule has 1 aliphatic heterocycles. The molecular weight excluding hydrogens is 420 g/mol. The molecule has 2 atom stereocenters. The van der Waals surface area contributed by atoms with Crippen LogP contribution < -0.4 is 22.8 Å². The quantitative estimate of drug-likeness (QED) is 0.390. The van der Waals surface area contributed by atoms with Crippen LogP contribution >= 0.6 is 0 Å². The van der Waals surface area contributed by atoms with Gasteiger partial charge in [0, 0.05) is 19.2 Å². The second-order valence-electron chi connectivity index (χ2n) is 8.29. The number of piperidine rings is 1. The second-order valence-corrected chi connectivity index (χ2v) is 8.29. The third-order valence-corrected chi connectivity index (χ3v) is 6.27. The first-order valence-corrected chi connectivity index (χ1v) is 11.0. The van der Waals surface area contributed by atoms with Gasteiger partial charge in [0.15, 0.2) is 0 Å². The number of amides is 1. The molecule has 1 aromatic heterocycles. The first-order valence-electron chi connectivity index (χ1n) is 11.0. The molecule has 2 heterocycles. The van der Waals surface area contributed by atoms with Gasteiger partial charge in [-0.2, -0.15) is 0 Å². The molecule has 33 heavy (non-hydrogen) atoms. The van der Waals surface area contributed by atoms with Gasteiger partial charge in [0.2, 0.25) is 5.88 Å². The van der Waals surface area contributed by atoms with E-state index in [0.717, 1.165) is 49.8 Å². The zero-order valence-electron chi connectivity index (χ0n) is 19.1. The SMILES string of the molecule is N.N.NC=Nc1ccc(OCC[C@@H]2C[C@@H]2C2CCN(C(=O)OCc3ccccc3)CC2)nc1. The molecule has 0 bridgehead atoms. The number of hydrogen-bond donors (Lipinski definition) is 3. The van der Waals surface area contributed by atoms with Crippen LogP contribution in [0.5, 0.6) is 5.88 Å². The molecule has 8 N–H and O–H groups in total. The Morgan fingerprint density at radius 2 is 1.91 bits per heavy atom. The van der Waals surface area contributed by atoms with E-state index in [0.29, 0.717) is 30.7 Å². The van der Waals surface area contributed by atoms with E-state index in [4.69, 9.17) is 15.2 Å². The Morgan fingerprint density at radius 1 is 1.15 bits per heavy atom. The first-order chi connectivity index (χ1) is 15.2. The number of likely N-dealkylation sites (tertiary alicyclic amines) is 1. The summed E-state index contributed by atoms with van der Waals surface area (Å²) < 4.78 is 11.2. The summed E-state index contributed by atoms with van der Waals surface area (Å²) in [4.78, 5) is 22.4. The number of rotatable bonds is 8. The number of benzene rings is 1. The molecular formula is C24H36N6O3. The molecule has 0 unspecified atom stereocenters. The van der Waals surface area contributed by atoms with E-state index in [2.05, 4.69) is 9.98 Å². The average Bonchev–Trinajstić information content (AvgIpc) is 3.59. The number of aromatic nitrogens is 1. The van der Waals surface area contributed by atoms with Crippen LogP contribution in [-0.2, 0) is 11.3 Å². The summed E-state index contributed by atoms with van der Waals surface area (Å²) in [6.45, 7) is 2.60. The fourth-order valence-corrected chi connectivity index (χ4v) is 4.44. The topological polar surface area (TPSA) is 160 Å². The van der Waals surface area contributed by atoms with E-state index in [1.807, 2.05) is 47.4 Å². The van der Waals surface area contributed by atoms with E-state index in [9.17, 15) is 4.79 Å². The molecule has 1 amide bonds. The molecule has 180 valence electrons. The predicted octanol–water partition coefficient (Wildman–Crippen LogP) is 4.48. The van der Waals surface area contributed by atoms with Gasteiger partial charge in [-0.25, -0.2) is 14.8 Å². The summed E-state index contributed by atoms with van der Waals surface area (Å²) in [5, 5.41) is 0. The lowest BCUT2D eigenvalue weighted by Gasteiger charge is -2.31. The van der Waals surface area contributed by atoms with Crippen molar-refractivity contribution >= 4 is 18.1 Å². The summed E-state index contributed by atoms with van der Waals surface area (Å²) in [5.74, 6) is 2.81. The van der Waals surface area contributed by atoms with E-state index in [-0.39, 0.29) is 18.4 Å². The molecule has 2 fully saturated rings. The monoisotopic (exact) mass is 456 g/mol. The van der Waals surface area contributed by atoms with Crippen molar-refractivity contribution in [1.29, 1.82) is 0 Å². The summed E-state index contributed by atoms with van der Waals surface area (Å²) in [6, 6.07) is 13.5. The summed E-state index contributed by atoms with van der Waals surface area (Å²) >= 11 is 0. The zero-order valence-corrected chi connectivity index (χ0v) is 19.1. The minimum Gasteiger partial charge on any atom is -0.478 e. The molecule has 9 nitrogen and oxygen atoms in total. The number of carbonyl (C=O) groups excluding carboxylic acids is 1. The normalized spacial score (nSPS) is 19.9. The van der Waals surface area contributed by atoms with Crippen molar-refractivity contribution in [3.8, 4) is 5.88 Å². The van der Waals surface area contributed by atoms with Gasteiger partial charge in [-0.05, 0) is 55.1 Å². The fraction of sp³-hybridized carbons (Fsp3) is 0.458. The highest BCUT2D eigenvalue weighted by atomic mass is 16.6. The number of pyridine rings is 1. The van der Waals surface area contributed by atoms with Crippen molar-refractivity contribution in [2.24, 2.45) is 28.5 Å². The van der Waals surface area contributed by atoms with Crippen LogP contribution in [0.4, 0.5) is 10.5 Å². The van der Waals surface area contributed by atoms with Crippen LogP contribution in [0.3, 0.4) is 0 Å². The van der Waals surface area contributed by atoms with E-state index in [1.54, 1.807) is 6.20 Å². The number of aliphatic imine (C=N–C) groups is 1. The number of ether oxygens (including phenoxy) is 2. The molecule has 1 saturated heterocycles. The summed E-state index contributed by atoms with van der Waals surface area (Å²) in [6.07, 6.45) is 7.15. The number of hydrogen-bond acceptors (Lipinski definition) is 7. The molecule has 1 saturated carbocycles. The maximum atomic E-state index is 12.3. The van der Waals surface area contributed by atoms with Crippen molar-refractivity contribution in [3.05, 3.63) is 54.2 Å². The maximum Gasteiger partial charge on any atom is 0.410 e. The highest BCUT2D eigenvalue weighted by Gasteiger charge is 2.43. The third-order valence-electron chi connectivity index (χ3n) is 6.27. The lowest BCUT2D eigenvalue weighted by Crippen LogP contribution is -2.39. The van der Waals surface area contributed by atoms with E-state index < -0.39 is 0 Å². The molecule has 1 aliphatic carbocycles. The second kappa shape index (κ2) is 12.8. The highest BCUT2D eigenvalue weighted by molar-refractivity contribution is 5.67.